The van der Waals surface area contributed by atoms with Crippen molar-refractivity contribution in [2.75, 3.05) is 6.54 Å². The van der Waals surface area contributed by atoms with Gasteiger partial charge in [-0.25, -0.2) is 0 Å². The molecule has 1 aliphatic carbocycles. The monoisotopic (exact) mass is 423 g/mol. The Bertz CT molecular complexity index is 980. The Morgan fingerprint density at radius 3 is 2.58 bits per heavy atom. The molecule has 1 aliphatic heterocycles. The van der Waals surface area contributed by atoms with Crippen LogP contribution in [0.3, 0.4) is 0 Å². The Kier molecular flexibility index (Phi) is 5.80. The highest BCUT2D eigenvalue weighted by atomic mass is 16.2. The Balaban J connectivity index is 1.52. The first-order valence-electron chi connectivity index (χ1n) is 11.0. The molecule has 2 N–H and O–H groups in total. The second-order valence-corrected chi connectivity index (χ2v) is 8.52. The standard InChI is InChI=1S/C23H29N5O3/c1-3-27-21(30)19-13-18(20(29)24-14-16-9-5-4-6-10-16)26-28(19)15-23(27,2)22(31)25-17-11-7-8-12-17/h4-6,9-10,13,17H,3,7-8,11-12,14-15H2,1-2H3,(H,24,29)(H,25,31). The van der Waals surface area contributed by atoms with Crippen molar-refractivity contribution in [1.29, 1.82) is 0 Å². The molecular weight excluding hydrogens is 394 g/mol. The van der Waals surface area contributed by atoms with Crippen LogP contribution in [0.1, 0.15) is 66.1 Å². The first-order chi connectivity index (χ1) is 14.9. The topological polar surface area (TPSA) is 96.3 Å². The van der Waals surface area contributed by atoms with Crippen LogP contribution in [0.25, 0.3) is 0 Å². The van der Waals surface area contributed by atoms with Crippen LogP contribution in [-0.2, 0) is 17.9 Å². The lowest BCUT2D eigenvalue weighted by Crippen LogP contribution is -2.64. The highest BCUT2D eigenvalue weighted by molar-refractivity contribution is 6.01. The van der Waals surface area contributed by atoms with Crippen LogP contribution in [0.15, 0.2) is 36.4 Å². The van der Waals surface area contributed by atoms with Crippen LogP contribution in [-0.4, -0.2) is 50.5 Å². The number of hydrogen-bond acceptors (Lipinski definition) is 4. The average Bonchev–Trinajstić information content (AvgIpc) is 3.43. The quantitative estimate of drug-likeness (QED) is 0.744. The van der Waals surface area contributed by atoms with E-state index in [-0.39, 0.29) is 36.0 Å². The van der Waals surface area contributed by atoms with E-state index in [1.165, 1.54) is 10.7 Å². The number of rotatable bonds is 6. The van der Waals surface area contributed by atoms with Crippen molar-refractivity contribution in [2.24, 2.45) is 0 Å². The van der Waals surface area contributed by atoms with Crippen molar-refractivity contribution in [3.05, 3.63) is 53.3 Å². The number of likely N-dealkylation sites (N-methyl/N-ethyl adjacent to an activating group) is 1. The number of amides is 3. The van der Waals surface area contributed by atoms with Gasteiger partial charge < -0.3 is 15.5 Å². The molecule has 4 rings (SSSR count). The summed E-state index contributed by atoms with van der Waals surface area (Å²) in [5.74, 6) is -0.794. The van der Waals surface area contributed by atoms with Crippen LogP contribution in [0, 0.1) is 0 Å². The van der Waals surface area contributed by atoms with Crippen molar-refractivity contribution < 1.29 is 14.4 Å². The van der Waals surface area contributed by atoms with Gasteiger partial charge in [-0.3, -0.25) is 19.1 Å². The molecule has 2 aromatic rings. The molecule has 1 saturated carbocycles. The van der Waals surface area contributed by atoms with E-state index in [9.17, 15) is 14.4 Å². The fourth-order valence-electron chi connectivity index (χ4n) is 4.53. The van der Waals surface area contributed by atoms with Crippen molar-refractivity contribution in [1.82, 2.24) is 25.3 Å². The first kappa shape index (κ1) is 21.1. The number of nitrogens with zero attached hydrogens (tertiary/aromatic N) is 3. The van der Waals surface area contributed by atoms with Crippen molar-refractivity contribution in [3.8, 4) is 0 Å². The van der Waals surface area contributed by atoms with Crippen LogP contribution in [0.4, 0.5) is 0 Å². The largest absolute Gasteiger partial charge is 0.351 e. The Hall–Kier alpha value is -3.16. The van der Waals surface area contributed by atoms with Gasteiger partial charge in [-0.15, -0.1) is 0 Å². The van der Waals surface area contributed by atoms with Gasteiger partial charge in [-0.05, 0) is 32.3 Å². The zero-order valence-corrected chi connectivity index (χ0v) is 18.1. The van der Waals surface area contributed by atoms with Gasteiger partial charge in [-0.2, -0.15) is 5.10 Å². The Labute approximate surface area is 182 Å². The average molecular weight is 424 g/mol. The zero-order valence-electron chi connectivity index (χ0n) is 18.1. The minimum absolute atomic E-state index is 0.161. The highest BCUT2D eigenvalue weighted by Gasteiger charge is 2.48. The molecule has 0 bridgehead atoms. The molecule has 31 heavy (non-hydrogen) atoms. The minimum atomic E-state index is -1.05. The molecule has 164 valence electrons. The van der Waals surface area contributed by atoms with E-state index in [0.29, 0.717) is 18.8 Å². The van der Waals surface area contributed by atoms with E-state index >= 15 is 0 Å². The van der Waals surface area contributed by atoms with Crippen molar-refractivity contribution in [3.63, 3.8) is 0 Å². The van der Waals surface area contributed by atoms with Gasteiger partial charge in [0.1, 0.15) is 11.2 Å². The van der Waals surface area contributed by atoms with Crippen molar-refractivity contribution >= 4 is 17.7 Å². The third-order valence-electron chi connectivity index (χ3n) is 6.32. The maximum Gasteiger partial charge on any atom is 0.273 e. The number of carbonyl (C=O) groups is 3. The van der Waals surface area contributed by atoms with Gasteiger partial charge in [0.25, 0.3) is 11.8 Å². The van der Waals surface area contributed by atoms with E-state index in [1.807, 2.05) is 37.3 Å². The number of benzene rings is 1. The predicted molar refractivity (Wildman–Crippen MR) is 115 cm³/mol. The van der Waals surface area contributed by atoms with Gasteiger partial charge in [0, 0.05) is 25.2 Å². The summed E-state index contributed by atoms with van der Waals surface area (Å²) in [6, 6.07) is 11.3. The number of hydrogen-bond donors (Lipinski definition) is 2. The summed E-state index contributed by atoms with van der Waals surface area (Å²) in [7, 11) is 0. The Morgan fingerprint density at radius 1 is 1.19 bits per heavy atom. The van der Waals surface area contributed by atoms with Gasteiger partial charge in [-0.1, -0.05) is 43.2 Å². The lowest BCUT2D eigenvalue weighted by Gasteiger charge is -2.43. The summed E-state index contributed by atoms with van der Waals surface area (Å²) < 4.78 is 1.50. The molecule has 8 nitrogen and oxygen atoms in total. The molecule has 8 heteroatoms. The molecule has 1 atom stereocenters. The summed E-state index contributed by atoms with van der Waals surface area (Å²) in [6.07, 6.45) is 4.17. The van der Waals surface area contributed by atoms with E-state index in [4.69, 9.17) is 0 Å². The number of carbonyl (C=O) groups excluding carboxylic acids is 3. The third kappa shape index (κ3) is 4.06. The number of nitrogens with one attached hydrogen (secondary N) is 2. The highest BCUT2D eigenvalue weighted by Crippen LogP contribution is 2.28. The molecular formula is C23H29N5O3. The second kappa shape index (κ2) is 8.53. The summed E-state index contributed by atoms with van der Waals surface area (Å²) in [4.78, 5) is 40.6. The molecule has 1 fully saturated rings. The van der Waals surface area contributed by atoms with E-state index in [2.05, 4.69) is 15.7 Å². The molecule has 1 aromatic carbocycles. The summed E-state index contributed by atoms with van der Waals surface area (Å²) in [6.45, 7) is 4.62. The van der Waals surface area contributed by atoms with Crippen LogP contribution < -0.4 is 10.6 Å². The number of fused-ring (bicyclic) bond motifs is 1. The molecule has 2 aliphatic rings. The smallest absolute Gasteiger partial charge is 0.273 e. The zero-order chi connectivity index (χ0) is 22.0. The number of aromatic nitrogens is 2. The van der Waals surface area contributed by atoms with E-state index < -0.39 is 5.54 Å². The van der Waals surface area contributed by atoms with Gasteiger partial charge in [0.2, 0.25) is 5.91 Å². The lowest BCUT2D eigenvalue weighted by atomic mass is 9.94. The fourth-order valence-corrected chi connectivity index (χ4v) is 4.53. The molecule has 0 spiro atoms. The Morgan fingerprint density at radius 2 is 1.90 bits per heavy atom. The van der Waals surface area contributed by atoms with Crippen molar-refractivity contribution in [2.45, 2.75) is 64.2 Å². The van der Waals surface area contributed by atoms with Crippen LogP contribution >= 0.6 is 0 Å². The normalized spacial score (nSPS) is 21.1. The predicted octanol–water partition coefficient (Wildman–Crippen LogP) is 2.11. The van der Waals surface area contributed by atoms with Crippen LogP contribution in [0.2, 0.25) is 0 Å². The lowest BCUT2D eigenvalue weighted by molar-refractivity contribution is -0.133. The van der Waals surface area contributed by atoms with E-state index in [0.717, 1.165) is 31.2 Å². The summed E-state index contributed by atoms with van der Waals surface area (Å²) >= 11 is 0. The first-order valence-corrected chi connectivity index (χ1v) is 11.0. The van der Waals surface area contributed by atoms with Gasteiger partial charge >= 0.3 is 0 Å². The maximum atomic E-state index is 13.2. The molecule has 3 amide bonds. The molecule has 1 aromatic heterocycles. The third-order valence-corrected chi connectivity index (χ3v) is 6.32. The minimum Gasteiger partial charge on any atom is -0.351 e. The molecule has 1 unspecified atom stereocenters. The maximum absolute atomic E-state index is 13.2. The second-order valence-electron chi connectivity index (χ2n) is 8.52. The summed E-state index contributed by atoms with van der Waals surface area (Å²) in [5.41, 5.74) is 0.434. The van der Waals surface area contributed by atoms with Crippen LogP contribution in [0.5, 0.6) is 0 Å². The summed E-state index contributed by atoms with van der Waals surface area (Å²) in [5, 5.41) is 10.3. The molecule has 0 radical (unpaired) electrons. The van der Waals surface area contributed by atoms with E-state index in [1.54, 1.807) is 11.8 Å². The fraction of sp³-hybridized carbons (Fsp3) is 0.478. The SMILES string of the molecule is CCN1C(=O)c2cc(C(=O)NCc3ccccc3)nn2CC1(C)C(=O)NC1CCCC1. The molecule has 2 heterocycles. The van der Waals surface area contributed by atoms with Gasteiger partial charge in [0.15, 0.2) is 5.69 Å². The van der Waals surface area contributed by atoms with Gasteiger partial charge in [0.05, 0.1) is 6.54 Å². The molecule has 0 saturated heterocycles.